The van der Waals surface area contributed by atoms with Crippen molar-refractivity contribution in [3.05, 3.63) is 48.5 Å². The minimum absolute atomic E-state index is 0.104. The average Bonchev–Trinajstić information content (AvgIpc) is 2.46. The Kier molecular flexibility index (Phi) is 4.41. The Morgan fingerprint density at radius 1 is 1.00 bits per heavy atom. The summed E-state index contributed by atoms with van der Waals surface area (Å²) in [5.74, 6) is 0.828. The first kappa shape index (κ1) is 14.1. The third kappa shape index (κ3) is 2.99. The van der Waals surface area contributed by atoms with E-state index >= 15 is 0 Å². The van der Waals surface area contributed by atoms with Gasteiger partial charge in [-0.15, -0.1) is 0 Å². The predicted octanol–water partition coefficient (Wildman–Crippen LogP) is 3.73. The number of rotatable bonds is 5. The molecule has 0 saturated heterocycles. The largest absolute Gasteiger partial charge is 0.490 e. The van der Waals surface area contributed by atoms with Crippen LogP contribution in [-0.2, 0) is 4.79 Å². The molecule has 0 unspecified atom stereocenters. The molecule has 0 heterocycles. The monoisotopic (exact) mass is 269 g/mol. The summed E-state index contributed by atoms with van der Waals surface area (Å²) < 4.78 is 5.86. The van der Waals surface area contributed by atoms with Crippen LogP contribution in [-0.4, -0.2) is 19.6 Å². The van der Waals surface area contributed by atoms with Gasteiger partial charge >= 0.3 is 0 Å². The number of carbonyl (C=O) groups excluding carboxylic acids is 1. The molecule has 3 heteroatoms. The van der Waals surface area contributed by atoms with Gasteiger partial charge in [-0.3, -0.25) is 4.79 Å². The molecule has 2 aromatic carbocycles. The van der Waals surface area contributed by atoms with Crippen LogP contribution in [0.15, 0.2) is 48.5 Å². The van der Waals surface area contributed by atoms with Gasteiger partial charge in [0.05, 0.1) is 11.8 Å². The fourth-order valence-corrected chi connectivity index (χ4v) is 2.11. The highest BCUT2D eigenvalue weighted by molar-refractivity contribution is 5.88. The van der Waals surface area contributed by atoms with Gasteiger partial charge in [-0.1, -0.05) is 36.4 Å². The smallest absolute Gasteiger partial charge is 0.213 e. The molecule has 0 aliphatic carbocycles. The van der Waals surface area contributed by atoms with E-state index in [-0.39, 0.29) is 6.10 Å². The Balaban J connectivity index is 2.54. The first-order valence-corrected chi connectivity index (χ1v) is 6.66. The molecule has 0 atom stereocenters. The van der Waals surface area contributed by atoms with Crippen LogP contribution in [0.4, 0.5) is 5.69 Å². The summed E-state index contributed by atoms with van der Waals surface area (Å²) in [5, 5.41) is 0. The molecule has 0 aliphatic heterocycles. The van der Waals surface area contributed by atoms with Crippen molar-refractivity contribution < 1.29 is 9.53 Å². The van der Waals surface area contributed by atoms with E-state index in [1.807, 2.05) is 62.4 Å². The molecule has 1 amide bonds. The molecule has 0 aromatic heterocycles. The number of nitrogens with zero attached hydrogens (tertiary/aromatic N) is 1. The van der Waals surface area contributed by atoms with Crippen molar-refractivity contribution in [1.82, 2.24) is 0 Å². The molecule has 3 nitrogen and oxygen atoms in total. The Bertz CT molecular complexity index is 593. The molecule has 104 valence electrons. The molecule has 20 heavy (non-hydrogen) atoms. The standard InChI is InChI=1S/C17H19NO2/c1-13(2)20-17-11-7-5-9-15(17)14-8-4-6-10-16(14)18(3)12-19/h4-13H,1-3H3. The van der Waals surface area contributed by atoms with E-state index in [4.69, 9.17) is 4.74 Å². The Morgan fingerprint density at radius 2 is 1.60 bits per heavy atom. The number of benzene rings is 2. The van der Waals surface area contributed by atoms with Gasteiger partial charge in [-0.2, -0.15) is 0 Å². The van der Waals surface area contributed by atoms with Crippen molar-refractivity contribution in [2.24, 2.45) is 0 Å². The van der Waals surface area contributed by atoms with Gasteiger partial charge in [0, 0.05) is 18.2 Å². The van der Waals surface area contributed by atoms with Crippen molar-refractivity contribution in [2.75, 3.05) is 11.9 Å². The molecular weight excluding hydrogens is 250 g/mol. The molecular formula is C17H19NO2. The molecule has 2 rings (SSSR count). The zero-order valence-corrected chi connectivity index (χ0v) is 12.0. The quantitative estimate of drug-likeness (QED) is 0.774. The van der Waals surface area contributed by atoms with E-state index < -0.39 is 0 Å². The Hall–Kier alpha value is -2.29. The topological polar surface area (TPSA) is 29.5 Å². The summed E-state index contributed by atoms with van der Waals surface area (Å²) in [6.45, 7) is 4.00. The lowest BCUT2D eigenvalue weighted by atomic mass is 10.0. The maximum absolute atomic E-state index is 11.0. The van der Waals surface area contributed by atoms with Gasteiger partial charge in [0.15, 0.2) is 0 Å². The molecule has 0 N–H and O–H groups in total. The lowest BCUT2D eigenvalue weighted by Gasteiger charge is -2.19. The number of carbonyl (C=O) groups is 1. The van der Waals surface area contributed by atoms with Gasteiger partial charge in [0.2, 0.25) is 6.41 Å². The summed E-state index contributed by atoms with van der Waals surface area (Å²) in [5.41, 5.74) is 2.84. The number of hydrogen-bond acceptors (Lipinski definition) is 2. The van der Waals surface area contributed by atoms with Crippen LogP contribution in [0, 0.1) is 0 Å². The first-order chi connectivity index (χ1) is 9.63. The highest BCUT2D eigenvalue weighted by Gasteiger charge is 2.13. The van der Waals surface area contributed by atoms with Gasteiger partial charge in [0.1, 0.15) is 5.75 Å². The van der Waals surface area contributed by atoms with Crippen LogP contribution in [0.3, 0.4) is 0 Å². The van der Waals surface area contributed by atoms with Crippen molar-refractivity contribution in [3.8, 4) is 16.9 Å². The van der Waals surface area contributed by atoms with Gasteiger partial charge in [0.25, 0.3) is 0 Å². The van der Waals surface area contributed by atoms with E-state index in [1.54, 1.807) is 11.9 Å². The Labute approximate surface area is 119 Å². The van der Waals surface area contributed by atoms with E-state index in [0.717, 1.165) is 29.0 Å². The normalized spacial score (nSPS) is 10.4. The summed E-state index contributed by atoms with van der Waals surface area (Å²) in [6.07, 6.45) is 0.914. The van der Waals surface area contributed by atoms with Crippen molar-refractivity contribution in [3.63, 3.8) is 0 Å². The number of amides is 1. The SMILES string of the molecule is CC(C)Oc1ccccc1-c1ccccc1N(C)C=O. The third-order valence-electron chi connectivity index (χ3n) is 2.98. The van der Waals surface area contributed by atoms with Gasteiger partial charge in [-0.25, -0.2) is 0 Å². The van der Waals surface area contributed by atoms with Crippen molar-refractivity contribution >= 4 is 12.1 Å². The lowest BCUT2D eigenvalue weighted by molar-refractivity contribution is -0.107. The maximum Gasteiger partial charge on any atom is 0.213 e. The summed E-state index contributed by atoms with van der Waals surface area (Å²) >= 11 is 0. The van der Waals surface area contributed by atoms with E-state index in [1.165, 1.54) is 0 Å². The summed E-state index contributed by atoms with van der Waals surface area (Å²) in [6, 6.07) is 15.7. The first-order valence-electron chi connectivity index (χ1n) is 6.66. The third-order valence-corrected chi connectivity index (χ3v) is 2.98. The number of para-hydroxylation sites is 2. The summed E-state index contributed by atoms with van der Waals surface area (Å²) in [4.78, 5) is 12.6. The molecule has 2 aromatic rings. The molecule has 0 bridgehead atoms. The number of ether oxygens (including phenoxy) is 1. The second-order valence-electron chi connectivity index (χ2n) is 4.90. The lowest BCUT2D eigenvalue weighted by Crippen LogP contribution is -2.15. The average molecular weight is 269 g/mol. The number of anilines is 1. The minimum atomic E-state index is 0.104. The minimum Gasteiger partial charge on any atom is -0.490 e. The van der Waals surface area contributed by atoms with Crippen LogP contribution in [0.1, 0.15) is 13.8 Å². The van der Waals surface area contributed by atoms with E-state index in [2.05, 4.69) is 0 Å². The van der Waals surface area contributed by atoms with Crippen LogP contribution in [0.25, 0.3) is 11.1 Å². The molecule has 0 spiro atoms. The molecule has 0 radical (unpaired) electrons. The van der Waals surface area contributed by atoms with Crippen LogP contribution in [0.2, 0.25) is 0 Å². The number of hydrogen-bond donors (Lipinski definition) is 0. The van der Waals surface area contributed by atoms with Crippen molar-refractivity contribution in [1.29, 1.82) is 0 Å². The second kappa shape index (κ2) is 6.24. The van der Waals surface area contributed by atoms with E-state index in [0.29, 0.717) is 0 Å². The fraction of sp³-hybridized carbons (Fsp3) is 0.235. The predicted molar refractivity (Wildman–Crippen MR) is 82.1 cm³/mol. The Morgan fingerprint density at radius 3 is 2.25 bits per heavy atom. The van der Waals surface area contributed by atoms with Crippen molar-refractivity contribution in [2.45, 2.75) is 20.0 Å². The molecule has 0 fully saturated rings. The molecule has 0 saturated carbocycles. The zero-order valence-electron chi connectivity index (χ0n) is 12.0. The van der Waals surface area contributed by atoms with E-state index in [9.17, 15) is 4.79 Å². The maximum atomic E-state index is 11.0. The molecule has 0 aliphatic rings. The van der Waals surface area contributed by atoms with Gasteiger partial charge < -0.3 is 9.64 Å². The van der Waals surface area contributed by atoms with Crippen LogP contribution in [0.5, 0.6) is 5.75 Å². The van der Waals surface area contributed by atoms with Gasteiger partial charge in [-0.05, 0) is 26.0 Å². The van der Waals surface area contributed by atoms with Crippen LogP contribution >= 0.6 is 0 Å². The zero-order chi connectivity index (χ0) is 14.5. The van der Waals surface area contributed by atoms with Crippen LogP contribution < -0.4 is 9.64 Å². The highest BCUT2D eigenvalue weighted by Crippen LogP contribution is 2.36. The second-order valence-corrected chi connectivity index (χ2v) is 4.90. The highest BCUT2D eigenvalue weighted by atomic mass is 16.5. The summed E-state index contributed by atoms with van der Waals surface area (Å²) in [7, 11) is 1.75. The fourth-order valence-electron chi connectivity index (χ4n) is 2.11.